The highest BCUT2D eigenvalue weighted by Gasteiger charge is 2.54. The summed E-state index contributed by atoms with van der Waals surface area (Å²) < 4.78 is 10.3. The van der Waals surface area contributed by atoms with Crippen LogP contribution < -0.4 is 0 Å². The summed E-state index contributed by atoms with van der Waals surface area (Å²) in [6.45, 7) is 8.36. The summed E-state index contributed by atoms with van der Waals surface area (Å²) in [5, 5.41) is 20.5. The molecule has 1 rings (SSSR count). The summed E-state index contributed by atoms with van der Waals surface area (Å²) in [4.78, 5) is 25.7. The number of ether oxygens (including phenoxy) is 2. The van der Waals surface area contributed by atoms with Gasteiger partial charge in [0.1, 0.15) is 0 Å². The number of benzene rings is 1. The molecule has 0 spiro atoms. The molecule has 1 N–H and O–H groups in total. The zero-order valence-electron chi connectivity index (χ0n) is 15.4. The maximum absolute atomic E-state index is 12.9. The number of hydrogen-bond acceptors (Lipinski definition) is 7. The lowest BCUT2D eigenvalue weighted by molar-refractivity contribution is -0.176. The fraction of sp³-hybridized carbons (Fsp3) is 0.474. The maximum Gasteiger partial charge on any atom is 0.324 e. The lowest BCUT2D eigenvalue weighted by Crippen LogP contribution is -2.49. The molecule has 7 nitrogen and oxygen atoms in total. The van der Waals surface area contributed by atoms with Gasteiger partial charge in [-0.1, -0.05) is 35.9 Å². The fourth-order valence-corrected chi connectivity index (χ4v) is 2.92. The van der Waals surface area contributed by atoms with Crippen molar-refractivity contribution in [2.24, 2.45) is 5.41 Å². The van der Waals surface area contributed by atoms with Crippen LogP contribution in [0.1, 0.15) is 37.3 Å². The van der Waals surface area contributed by atoms with Crippen LogP contribution in [0.2, 0.25) is 0 Å². The molecule has 144 valence electrons. The minimum absolute atomic E-state index is 0.0535. The highest BCUT2D eigenvalue weighted by Crippen LogP contribution is 2.42. The monoisotopic (exact) mass is 364 g/mol. The number of carbonyl (C=O) groups is 2. The predicted octanol–water partition coefficient (Wildman–Crippen LogP) is 2.96. The third kappa shape index (κ3) is 4.91. The number of esters is 2. The molecule has 1 unspecified atom stereocenters. The highest BCUT2D eigenvalue weighted by atomic mass is 16.8. The topological polar surface area (TPSA) is 99.1 Å². The van der Waals surface area contributed by atoms with E-state index >= 15 is 0 Å². The molecule has 0 aromatic heterocycles. The van der Waals surface area contributed by atoms with E-state index in [-0.39, 0.29) is 24.9 Å². The standard InChI is InChI=1S/C19H26NO6/c1-5-12-19(17(21)25-6-2,18(22)26-7-3)16(13-20(23)24)15-10-8-14(4)9-11-15/h5,8-11,16,23H,1,6-7,12-13H2,2-4H3/q-1. The van der Waals surface area contributed by atoms with Crippen LogP contribution in [0.15, 0.2) is 36.9 Å². The number of aryl methyl sites for hydroxylation is 1. The van der Waals surface area contributed by atoms with Crippen molar-refractivity contribution in [1.82, 2.24) is 5.23 Å². The number of carbonyl (C=O) groups excluding carboxylic acids is 2. The van der Waals surface area contributed by atoms with E-state index in [4.69, 9.17) is 9.47 Å². The third-order valence-electron chi connectivity index (χ3n) is 4.16. The molecule has 26 heavy (non-hydrogen) atoms. The average molecular weight is 364 g/mol. The van der Waals surface area contributed by atoms with Crippen molar-refractivity contribution in [3.05, 3.63) is 53.3 Å². The molecular weight excluding hydrogens is 338 g/mol. The molecule has 0 heterocycles. The Balaban J connectivity index is 3.60. The summed E-state index contributed by atoms with van der Waals surface area (Å²) in [6, 6.07) is 7.01. The van der Waals surface area contributed by atoms with Crippen LogP contribution in [0.3, 0.4) is 0 Å². The van der Waals surface area contributed by atoms with Crippen LogP contribution in [-0.2, 0) is 19.1 Å². The van der Waals surface area contributed by atoms with Crippen LogP contribution >= 0.6 is 0 Å². The van der Waals surface area contributed by atoms with E-state index < -0.39 is 29.8 Å². The molecule has 0 amide bonds. The summed E-state index contributed by atoms with van der Waals surface area (Å²) in [7, 11) is 0. The van der Waals surface area contributed by atoms with E-state index in [1.54, 1.807) is 38.1 Å². The Bertz CT molecular complexity index is 593. The molecule has 0 radical (unpaired) electrons. The molecule has 0 aliphatic rings. The van der Waals surface area contributed by atoms with E-state index in [1.165, 1.54) is 6.08 Å². The molecule has 0 bridgehead atoms. The molecule has 1 aromatic rings. The van der Waals surface area contributed by atoms with E-state index in [0.29, 0.717) is 5.56 Å². The Labute approximate surface area is 153 Å². The fourth-order valence-electron chi connectivity index (χ4n) is 2.92. The third-order valence-corrected chi connectivity index (χ3v) is 4.16. The van der Waals surface area contributed by atoms with Crippen LogP contribution in [-0.4, -0.2) is 42.1 Å². The van der Waals surface area contributed by atoms with Gasteiger partial charge in [-0.3, -0.25) is 14.8 Å². The van der Waals surface area contributed by atoms with Crippen molar-refractivity contribution in [3.63, 3.8) is 0 Å². The Morgan fingerprint density at radius 2 is 1.73 bits per heavy atom. The van der Waals surface area contributed by atoms with Crippen molar-refractivity contribution >= 4 is 11.9 Å². The first-order chi connectivity index (χ1) is 12.3. The Hall–Kier alpha value is -2.22. The zero-order valence-corrected chi connectivity index (χ0v) is 15.4. The van der Waals surface area contributed by atoms with Crippen molar-refractivity contribution in [2.45, 2.75) is 33.1 Å². The minimum atomic E-state index is -1.82. The zero-order chi connectivity index (χ0) is 19.7. The van der Waals surface area contributed by atoms with Gasteiger partial charge in [0.05, 0.1) is 13.2 Å². The van der Waals surface area contributed by atoms with Gasteiger partial charge in [0.2, 0.25) is 0 Å². The number of hydrogen-bond donors (Lipinski definition) is 1. The lowest BCUT2D eigenvalue weighted by atomic mass is 9.69. The second kappa shape index (κ2) is 10.1. The molecule has 0 saturated heterocycles. The normalized spacial score (nSPS) is 12.5. The van der Waals surface area contributed by atoms with Gasteiger partial charge >= 0.3 is 11.9 Å². The average Bonchev–Trinajstić information content (AvgIpc) is 2.59. The maximum atomic E-state index is 12.9. The summed E-state index contributed by atoms with van der Waals surface area (Å²) in [5.74, 6) is -2.61. The quantitative estimate of drug-likeness (QED) is 0.295. The first-order valence-corrected chi connectivity index (χ1v) is 8.48. The SMILES string of the molecule is C=CCC(C(=O)OCC)(C(=O)OCC)C(CN([O-])O)c1ccc(C)cc1. The van der Waals surface area contributed by atoms with Crippen molar-refractivity contribution < 1.29 is 24.3 Å². The first kappa shape index (κ1) is 21.8. The molecular formula is C19H26NO6-. The molecule has 0 saturated carbocycles. The van der Waals surface area contributed by atoms with E-state index in [1.807, 2.05) is 6.92 Å². The van der Waals surface area contributed by atoms with Gasteiger partial charge in [-0.2, -0.15) is 0 Å². The first-order valence-electron chi connectivity index (χ1n) is 8.48. The van der Waals surface area contributed by atoms with Crippen LogP contribution in [0, 0.1) is 17.5 Å². The second-order valence-electron chi connectivity index (χ2n) is 5.90. The van der Waals surface area contributed by atoms with Crippen molar-refractivity contribution in [3.8, 4) is 0 Å². The lowest BCUT2D eigenvalue weighted by Gasteiger charge is -2.38. The van der Waals surface area contributed by atoms with Crippen LogP contribution in [0.5, 0.6) is 0 Å². The Morgan fingerprint density at radius 1 is 1.23 bits per heavy atom. The van der Waals surface area contributed by atoms with Gasteiger partial charge in [-0.15, -0.1) is 6.58 Å². The van der Waals surface area contributed by atoms with Crippen molar-refractivity contribution in [2.75, 3.05) is 19.8 Å². The minimum Gasteiger partial charge on any atom is -0.762 e. The number of allylic oxidation sites excluding steroid dienone is 1. The van der Waals surface area contributed by atoms with Crippen molar-refractivity contribution in [1.29, 1.82) is 0 Å². The van der Waals surface area contributed by atoms with Crippen LogP contribution in [0.25, 0.3) is 0 Å². The van der Waals surface area contributed by atoms with Gasteiger partial charge in [0.25, 0.3) is 0 Å². The van der Waals surface area contributed by atoms with Gasteiger partial charge < -0.3 is 19.9 Å². The predicted molar refractivity (Wildman–Crippen MR) is 96.3 cm³/mol. The van der Waals surface area contributed by atoms with Gasteiger partial charge in [0.15, 0.2) is 5.41 Å². The number of rotatable bonds is 10. The molecule has 0 aliphatic heterocycles. The smallest absolute Gasteiger partial charge is 0.324 e. The highest BCUT2D eigenvalue weighted by molar-refractivity contribution is 6.01. The van der Waals surface area contributed by atoms with Gasteiger partial charge in [0, 0.05) is 12.5 Å². The summed E-state index contributed by atoms with van der Waals surface area (Å²) in [5.41, 5.74) is -0.320. The number of nitrogens with zero attached hydrogens (tertiary/aromatic N) is 1. The molecule has 0 aliphatic carbocycles. The van der Waals surface area contributed by atoms with E-state index in [2.05, 4.69) is 6.58 Å². The van der Waals surface area contributed by atoms with Crippen LogP contribution in [0.4, 0.5) is 0 Å². The van der Waals surface area contributed by atoms with E-state index in [0.717, 1.165) is 5.56 Å². The summed E-state index contributed by atoms with van der Waals surface area (Å²) >= 11 is 0. The molecule has 7 heteroatoms. The van der Waals surface area contributed by atoms with E-state index in [9.17, 15) is 20.0 Å². The van der Waals surface area contributed by atoms with Gasteiger partial charge in [-0.05, 0) is 32.8 Å². The summed E-state index contributed by atoms with van der Waals surface area (Å²) in [6.07, 6.45) is 1.30. The number of hydroxylamine groups is 2. The second-order valence-corrected chi connectivity index (χ2v) is 5.90. The van der Waals surface area contributed by atoms with Gasteiger partial charge in [-0.25, -0.2) is 0 Å². The Morgan fingerprint density at radius 3 is 2.12 bits per heavy atom. The largest absolute Gasteiger partial charge is 0.762 e. The molecule has 1 atom stereocenters. The Kier molecular flexibility index (Phi) is 8.44. The molecule has 0 fully saturated rings. The molecule has 1 aromatic carbocycles.